The van der Waals surface area contributed by atoms with Crippen LogP contribution >= 0.6 is 0 Å². The molecule has 0 saturated carbocycles. The number of likely N-dealkylation sites (tertiary alicyclic amines) is 2. The number of hydrogen-bond acceptors (Lipinski definition) is 4. The predicted octanol–water partition coefficient (Wildman–Crippen LogP) is 1.46. The molecule has 3 saturated heterocycles. The van der Waals surface area contributed by atoms with Gasteiger partial charge in [-0.15, -0.1) is 0 Å². The minimum atomic E-state index is -0.658. The maximum atomic E-state index is 13.2. The van der Waals surface area contributed by atoms with Crippen molar-refractivity contribution in [1.29, 1.82) is 0 Å². The minimum absolute atomic E-state index is 0.0981. The van der Waals surface area contributed by atoms with Crippen molar-refractivity contribution in [3.8, 4) is 0 Å². The number of rotatable bonds is 2. The molecule has 4 rings (SSSR count). The Bertz CT molecular complexity index is 677. The van der Waals surface area contributed by atoms with Crippen molar-refractivity contribution >= 4 is 11.8 Å². The van der Waals surface area contributed by atoms with Crippen molar-refractivity contribution in [2.75, 3.05) is 26.2 Å². The number of fused-ring (bicyclic) bond motifs is 1. The number of nitrogens with zero attached hydrogens (tertiary/aromatic N) is 3. The van der Waals surface area contributed by atoms with E-state index in [9.17, 15) is 14.0 Å². The molecule has 2 amide bonds. The summed E-state index contributed by atoms with van der Waals surface area (Å²) in [5.74, 6) is -0.456. The number of pyridine rings is 1. The monoisotopic (exact) mass is 347 g/mol. The Balaban J connectivity index is 1.39. The maximum absolute atomic E-state index is 13.2. The number of piperidine rings is 1. The molecule has 0 aliphatic carbocycles. The molecule has 7 heteroatoms. The second-order valence-electron chi connectivity index (χ2n) is 7.10. The van der Waals surface area contributed by atoms with E-state index in [0.29, 0.717) is 24.6 Å². The van der Waals surface area contributed by atoms with E-state index in [-0.39, 0.29) is 24.0 Å². The van der Waals surface area contributed by atoms with Crippen molar-refractivity contribution in [3.05, 3.63) is 29.8 Å². The number of halogens is 1. The van der Waals surface area contributed by atoms with Crippen molar-refractivity contribution in [2.24, 2.45) is 5.92 Å². The van der Waals surface area contributed by atoms with Crippen LogP contribution in [0.25, 0.3) is 0 Å². The summed E-state index contributed by atoms with van der Waals surface area (Å²) in [5.41, 5.74) is 0.300. The molecule has 3 atom stereocenters. The van der Waals surface area contributed by atoms with Gasteiger partial charge in [0.2, 0.25) is 5.95 Å². The zero-order valence-corrected chi connectivity index (χ0v) is 14.1. The van der Waals surface area contributed by atoms with Gasteiger partial charge in [-0.3, -0.25) is 9.59 Å². The highest BCUT2D eigenvalue weighted by atomic mass is 19.1. The van der Waals surface area contributed by atoms with Crippen LogP contribution in [0.2, 0.25) is 0 Å². The van der Waals surface area contributed by atoms with Crippen LogP contribution in [0.4, 0.5) is 4.39 Å². The maximum Gasteiger partial charge on any atom is 0.254 e. The fraction of sp³-hybridized carbons (Fsp3) is 0.611. The smallest absolute Gasteiger partial charge is 0.254 e. The van der Waals surface area contributed by atoms with Crippen LogP contribution in [0, 0.1) is 11.9 Å². The van der Waals surface area contributed by atoms with Crippen LogP contribution in [-0.2, 0) is 9.53 Å². The quantitative estimate of drug-likeness (QED) is 0.760. The standard InChI is InChI=1S/C18H22FN3O3/c19-16-10-13(3-5-20-16)17(23)22-8-4-12-9-14(25-15(12)11-22)18(24)21-6-1-2-7-21/h3,5,10,12,14-15H,1-2,4,6-9,11H2/t12-,14+,15+/m0/s1. The summed E-state index contributed by atoms with van der Waals surface area (Å²) in [6.45, 7) is 2.72. The van der Waals surface area contributed by atoms with E-state index >= 15 is 0 Å². The Hall–Kier alpha value is -2.02. The molecule has 0 spiro atoms. The minimum Gasteiger partial charge on any atom is -0.363 e. The zero-order chi connectivity index (χ0) is 17.4. The lowest BCUT2D eigenvalue weighted by molar-refractivity contribution is -0.142. The zero-order valence-electron chi connectivity index (χ0n) is 14.1. The van der Waals surface area contributed by atoms with Crippen LogP contribution < -0.4 is 0 Å². The van der Waals surface area contributed by atoms with Gasteiger partial charge in [-0.25, -0.2) is 4.98 Å². The average Bonchev–Trinajstić information content (AvgIpc) is 3.29. The van der Waals surface area contributed by atoms with Crippen LogP contribution in [0.3, 0.4) is 0 Å². The summed E-state index contributed by atoms with van der Waals surface area (Å²) in [6.07, 6.45) is 4.50. The van der Waals surface area contributed by atoms with E-state index in [2.05, 4.69) is 4.98 Å². The van der Waals surface area contributed by atoms with Crippen LogP contribution in [0.5, 0.6) is 0 Å². The van der Waals surface area contributed by atoms with Crippen molar-refractivity contribution in [2.45, 2.75) is 37.9 Å². The summed E-state index contributed by atoms with van der Waals surface area (Å²) in [6, 6.07) is 2.68. The molecule has 1 aromatic rings. The molecule has 4 heterocycles. The summed E-state index contributed by atoms with van der Waals surface area (Å²) in [4.78, 5) is 32.2. The molecule has 25 heavy (non-hydrogen) atoms. The second kappa shape index (κ2) is 6.71. The second-order valence-corrected chi connectivity index (χ2v) is 7.10. The molecule has 134 valence electrons. The van der Waals surface area contributed by atoms with E-state index in [1.54, 1.807) is 4.90 Å². The average molecular weight is 347 g/mol. The van der Waals surface area contributed by atoms with E-state index < -0.39 is 5.95 Å². The molecule has 0 aromatic carbocycles. The molecule has 3 aliphatic heterocycles. The number of carbonyl (C=O) groups is 2. The lowest BCUT2D eigenvalue weighted by Gasteiger charge is -2.34. The highest BCUT2D eigenvalue weighted by Crippen LogP contribution is 2.34. The Morgan fingerprint density at radius 2 is 2.00 bits per heavy atom. The molecule has 0 bridgehead atoms. The van der Waals surface area contributed by atoms with Gasteiger partial charge in [0.25, 0.3) is 11.8 Å². The molecule has 3 fully saturated rings. The first kappa shape index (κ1) is 16.4. The number of amides is 2. The first-order valence-corrected chi connectivity index (χ1v) is 8.97. The van der Waals surface area contributed by atoms with E-state index in [1.807, 2.05) is 4.90 Å². The van der Waals surface area contributed by atoms with Crippen LogP contribution in [0.15, 0.2) is 18.3 Å². The number of aromatic nitrogens is 1. The molecule has 6 nitrogen and oxygen atoms in total. The highest BCUT2D eigenvalue weighted by Gasteiger charge is 2.44. The van der Waals surface area contributed by atoms with Gasteiger partial charge in [-0.05, 0) is 37.7 Å². The molecular formula is C18H22FN3O3. The first-order valence-electron chi connectivity index (χ1n) is 8.97. The van der Waals surface area contributed by atoms with Gasteiger partial charge < -0.3 is 14.5 Å². The molecule has 0 radical (unpaired) electrons. The summed E-state index contributed by atoms with van der Waals surface area (Å²) < 4.78 is 19.3. The number of ether oxygens (including phenoxy) is 1. The lowest BCUT2D eigenvalue weighted by Crippen LogP contribution is -2.45. The fourth-order valence-corrected chi connectivity index (χ4v) is 4.13. The van der Waals surface area contributed by atoms with E-state index in [1.165, 1.54) is 12.3 Å². The highest BCUT2D eigenvalue weighted by molar-refractivity contribution is 5.94. The van der Waals surface area contributed by atoms with Gasteiger partial charge in [-0.1, -0.05) is 0 Å². The Kier molecular flexibility index (Phi) is 4.41. The van der Waals surface area contributed by atoms with Crippen LogP contribution in [0.1, 0.15) is 36.0 Å². The molecule has 0 N–H and O–H groups in total. The van der Waals surface area contributed by atoms with Gasteiger partial charge in [0.15, 0.2) is 0 Å². The topological polar surface area (TPSA) is 62.7 Å². The lowest BCUT2D eigenvalue weighted by atomic mass is 9.91. The number of carbonyl (C=O) groups excluding carboxylic acids is 2. The third kappa shape index (κ3) is 3.25. The largest absolute Gasteiger partial charge is 0.363 e. The van der Waals surface area contributed by atoms with Gasteiger partial charge in [-0.2, -0.15) is 4.39 Å². The number of hydrogen-bond donors (Lipinski definition) is 0. The van der Waals surface area contributed by atoms with Gasteiger partial charge in [0.05, 0.1) is 6.10 Å². The molecular weight excluding hydrogens is 325 g/mol. The normalized spacial score (nSPS) is 28.9. The molecule has 1 aromatic heterocycles. The Labute approximate surface area is 145 Å². The summed E-state index contributed by atoms with van der Waals surface area (Å²) >= 11 is 0. The van der Waals surface area contributed by atoms with Crippen LogP contribution in [-0.4, -0.2) is 65.0 Å². The van der Waals surface area contributed by atoms with Gasteiger partial charge >= 0.3 is 0 Å². The Morgan fingerprint density at radius 3 is 2.76 bits per heavy atom. The van der Waals surface area contributed by atoms with Gasteiger partial charge in [0.1, 0.15) is 6.10 Å². The van der Waals surface area contributed by atoms with E-state index in [0.717, 1.165) is 44.8 Å². The first-order chi connectivity index (χ1) is 12.1. The fourth-order valence-electron chi connectivity index (χ4n) is 4.13. The summed E-state index contributed by atoms with van der Waals surface area (Å²) in [5, 5.41) is 0. The molecule has 0 unspecified atom stereocenters. The molecule has 3 aliphatic rings. The Morgan fingerprint density at radius 1 is 1.20 bits per heavy atom. The van der Waals surface area contributed by atoms with Crippen molar-refractivity contribution < 1.29 is 18.7 Å². The third-order valence-corrected chi connectivity index (χ3v) is 5.51. The third-order valence-electron chi connectivity index (χ3n) is 5.51. The van der Waals surface area contributed by atoms with Crippen molar-refractivity contribution in [1.82, 2.24) is 14.8 Å². The SMILES string of the molecule is O=C(c1ccnc(F)c1)N1CC[C@H]2C[C@H](C(=O)N3CCCC3)O[C@@H]2C1. The predicted molar refractivity (Wildman–Crippen MR) is 87.3 cm³/mol. The summed E-state index contributed by atoms with van der Waals surface area (Å²) in [7, 11) is 0. The van der Waals surface area contributed by atoms with Crippen molar-refractivity contribution in [3.63, 3.8) is 0 Å². The van der Waals surface area contributed by atoms with Gasteiger partial charge in [0, 0.05) is 44.0 Å². The van der Waals surface area contributed by atoms with E-state index in [4.69, 9.17) is 4.74 Å².